The van der Waals surface area contributed by atoms with Crippen LogP contribution in [0.15, 0.2) is 0 Å². The number of rotatable bonds is 1. The topological polar surface area (TPSA) is 17.1 Å². The van der Waals surface area contributed by atoms with Gasteiger partial charge < -0.3 is 0 Å². The fourth-order valence-corrected chi connectivity index (χ4v) is 1.93. The number of carbonyl (C=O) groups excluding carboxylic acids is 1. The number of ketones is 1. The molecule has 2 atom stereocenters. The maximum absolute atomic E-state index is 11.6. The molecule has 1 rings (SSSR count). The lowest BCUT2D eigenvalue weighted by Gasteiger charge is -2.36. The number of Topliss-reactive ketones (excluding diaryl/α,β-unsaturated/α-hetero) is 1. The van der Waals surface area contributed by atoms with E-state index in [0.29, 0.717) is 18.1 Å². The molecule has 66 valence electrons. The van der Waals surface area contributed by atoms with E-state index in [1.807, 2.05) is 6.92 Å². The predicted octanol–water partition coefficient (Wildman–Crippen LogP) is 2.41. The van der Waals surface area contributed by atoms with Crippen molar-refractivity contribution in [1.82, 2.24) is 0 Å². The molecule has 1 saturated carbocycles. The standard InChI is InChI=1S/C11H16O/c1-4-8-11(3)9(2)6-5-7-10(11)12/h1,9H,5-8H2,2-3H3/t9-,11+/m1/s1. The number of terminal acetylenes is 1. The second kappa shape index (κ2) is 3.31. The lowest BCUT2D eigenvalue weighted by Crippen LogP contribution is -2.37. The van der Waals surface area contributed by atoms with E-state index in [9.17, 15) is 4.79 Å². The molecule has 0 aromatic heterocycles. The zero-order valence-electron chi connectivity index (χ0n) is 7.89. The average molecular weight is 164 g/mol. The summed E-state index contributed by atoms with van der Waals surface area (Å²) in [5, 5.41) is 0. The van der Waals surface area contributed by atoms with Gasteiger partial charge in [0.05, 0.1) is 0 Å². The van der Waals surface area contributed by atoms with E-state index in [1.54, 1.807) is 0 Å². The molecule has 1 heteroatoms. The fourth-order valence-electron chi connectivity index (χ4n) is 1.93. The minimum Gasteiger partial charge on any atom is -0.299 e. The molecule has 0 heterocycles. The van der Waals surface area contributed by atoms with Gasteiger partial charge in [-0.3, -0.25) is 4.79 Å². The monoisotopic (exact) mass is 164 g/mol. The molecule has 0 radical (unpaired) electrons. The Morgan fingerprint density at radius 3 is 2.92 bits per heavy atom. The van der Waals surface area contributed by atoms with E-state index >= 15 is 0 Å². The summed E-state index contributed by atoms with van der Waals surface area (Å²) in [6.45, 7) is 4.15. The summed E-state index contributed by atoms with van der Waals surface area (Å²) in [5.74, 6) is 3.43. The summed E-state index contributed by atoms with van der Waals surface area (Å²) in [5.41, 5.74) is -0.229. The minimum absolute atomic E-state index is 0.229. The molecule has 0 bridgehead atoms. The third-order valence-corrected chi connectivity index (χ3v) is 3.23. The molecule has 0 aliphatic heterocycles. The Balaban J connectivity index is 2.81. The first-order chi connectivity index (χ1) is 5.61. The first-order valence-corrected chi connectivity index (χ1v) is 4.58. The van der Waals surface area contributed by atoms with Crippen LogP contribution in [0.3, 0.4) is 0 Å². The van der Waals surface area contributed by atoms with Crippen LogP contribution in [0, 0.1) is 23.7 Å². The highest BCUT2D eigenvalue weighted by molar-refractivity contribution is 5.85. The van der Waals surface area contributed by atoms with Crippen LogP contribution >= 0.6 is 0 Å². The molecule has 1 nitrogen and oxygen atoms in total. The van der Waals surface area contributed by atoms with E-state index in [4.69, 9.17) is 6.42 Å². The Hall–Kier alpha value is -0.770. The largest absolute Gasteiger partial charge is 0.299 e. The first-order valence-electron chi connectivity index (χ1n) is 4.58. The Morgan fingerprint density at radius 2 is 2.42 bits per heavy atom. The van der Waals surface area contributed by atoms with Gasteiger partial charge in [0.2, 0.25) is 0 Å². The number of hydrogen-bond donors (Lipinski definition) is 0. The van der Waals surface area contributed by atoms with Crippen molar-refractivity contribution in [3.8, 4) is 12.3 Å². The van der Waals surface area contributed by atoms with Crippen molar-refractivity contribution >= 4 is 5.78 Å². The highest BCUT2D eigenvalue weighted by Crippen LogP contribution is 2.40. The third kappa shape index (κ3) is 1.39. The zero-order chi connectivity index (χ0) is 9.19. The van der Waals surface area contributed by atoms with Crippen molar-refractivity contribution in [2.75, 3.05) is 0 Å². The number of carbonyl (C=O) groups is 1. The highest BCUT2D eigenvalue weighted by Gasteiger charge is 2.39. The molecule has 0 amide bonds. The Labute approximate surface area is 74.5 Å². The van der Waals surface area contributed by atoms with E-state index < -0.39 is 0 Å². The lowest BCUT2D eigenvalue weighted by atomic mass is 9.66. The molecule has 1 fully saturated rings. The van der Waals surface area contributed by atoms with E-state index in [0.717, 1.165) is 19.3 Å². The smallest absolute Gasteiger partial charge is 0.139 e. The Kier molecular flexibility index (Phi) is 2.57. The summed E-state index contributed by atoms with van der Waals surface area (Å²) < 4.78 is 0. The van der Waals surface area contributed by atoms with Gasteiger partial charge in [0.1, 0.15) is 5.78 Å². The molecule has 12 heavy (non-hydrogen) atoms. The van der Waals surface area contributed by atoms with Gasteiger partial charge in [-0.05, 0) is 18.8 Å². The Bertz CT molecular complexity index is 224. The maximum atomic E-state index is 11.6. The van der Waals surface area contributed by atoms with Crippen molar-refractivity contribution in [2.24, 2.45) is 11.3 Å². The van der Waals surface area contributed by atoms with Gasteiger partial charge in [0, 0.05) is 18.3 Å². The van der Waals surface area contributed by atoms with Crippen molar-refractivity contribution in [2.45, 2.75) is 39.5 Å². The summed E-state index contributed by atoms with van der Waals surface area (Å²) in [6.07, 6.45) is 8.78. The van der Waals surface area contributed by atoms with Crippen LogP contribution in [-0.2, 0) is 4.79 Å². The molecule has 0 aromatic carbocycles. The predicted molar refractivity (Wildman–Crippen MR) is 49.6 cm³/mol. The van der Waals surface area contributed by atoms with Crippen LogP contribution in [0.25, 0.3) is 0 Å². The summed E-state index contributed by atoms with van der Waals surface area (Å²) >= 11 is 0. The summed E-state index contributed by atoms with van der Waals surface area (Å²) in [7, 11) is 0. The molecule has 1 aliphatic carbocycles. The van der Waals surface area contributed by atoms with Gasteiger partial charge in [0.25, 0.3) is 0 Å². The van der Waals surface area contributed by atoms with Gasteiger partial charge in [-0.15, -0.1) is 12.3 Å². The Morgan fingerprint density at radius 1 is 1.75 bits per heavy atom. The minimum atomic E-state index is -0.229. The normalized spacial score (nSPS) is 36.1. The van der Waals surface area contributed by atoms with Crippen LogP contribution in [-0.4, -0.2) is 5.78 Å². The quantitative estimate of drug-likeness (QED) is 0.544. The van der Waals surface area contributed by atoms with Crippen LogP contribution < -0.4 is 0 Å². The lowest BCUT2D eigenvalue weighted by molar-refractivity contribution is -0.133. The second-order valence-electron chi connectivity index (χ2n) is 4.01. The molecular weight excluding hydrogens is 148 g/mol. The van der Waals surface area contributed by atoms with Crippen molar-refractivity contribution in [1.29, 1.82) is 0 Å². The van der Waals surface area contributed by atoms with Gasteiger partial charge in [-0.1, -0.05) is 13.8 Å². The molecule has 0 spiro atoms. The summed E-state index contributed by atoms with van der Waals surface area (Å²) in [6, 6.07) is 0. The van der Waals surface area contributed by atoms with Crippen LogP contribution in [0.2, 0.25) is 0 Å². The van der Waals surface area contributed by atoms with Crippen LogP contribution in [0.4, 0.5) is 0 Å². The SMILES string of the molecule is C#CC[C@]1(C)C(=O)CCC[C@H]1C. The van der Waals surface area contributed by atoms with Gasteiger partial charge >= 0.3 is 0 Å². The second-order valence-corrected chi connectivity index (χ2v) is 4.01. The van der Waals surface area contributed by atoms with Crippen LogP contribution in [0.5, 0.6) is 0 Å². The zero-order valence-corrected chi connectivity index (χ0v) is 7.89. The molecule has 0 aromatic rings. The van der Waals surface area contributed by atoms with Crippen molar-refractivity contribution < 1.29 is 4.79 Å². The maximum Gasteiger partial charge on any atom is 0.139 e. The van der Waals surface area contributed by atoms with Gasteiger partial charge in [0.15, 0.2) is 0 Å². The molecule has 0 N–H and O–H groups in total. The van der Waals surface area contributed by atoms with Gasteiger partial charge in [-0.2, -0.15) is 0 Å². The van der Waals surface area contributed by atoms with Crippen molar-refractivity contribution in [3.63, 3.8) is 0 Å². The highest BCUT2D eigenvalue weighted by atomic mass is 16.1. The molecule has 0 unspecified atom stereocenters. The van der Waals surface area contributed by atoms with Crippen LogP contribution in [0.1, 0.15) is 39.5 Å². The molecule has 1 aliphatic rings. The average Bonchev–Trinajstić information content (AvgIpc) is 2.02. The molecule has 0 saturated heterocycles. The van der Waals surface area contributed by atoms with E-state index in [-0.39, 0.29) is 5.41 Å². The van der Waals surface area contributed by atoms with Gasteiger partial charge in [-0.25, -0.2) is 0 Å². The van der Waals surface area contributed by atoms with E-state index in [2.05, 4.69) is 12.8 Å². The summed E-state index contributed by atoms with van der Waals surface area (Å²) in [4.78, 5) is 11.6. The first kappa shape index (κ1) is 9.32. The third-order valence-electron chi connectivity index (χ3n) is 3.23. The fraction of sp³-hybridized carbons (Fsp3) is 0.727. The number of hydrogen-bond acceptors (Lipinski definition) is 1. The van der Waals surface area contributed by atoms with E-state index in [1.165, 1.54) is 0 Å². The molecular formula is C11H16O. The van der Waals surface area contributed by atoms with Crippen molar-refractivity contribution in [3.05, 3.63) is 0 Å².